The van der Waals surface area contributed by atoms with E-state index in [9.17, 15) is 9.59 Å². The highest BCUT2D eigenvalue weighted by atomic mass is 16.2. The molecule has 3 fully saturated rings. The van der Waals surface area contributed by atoms with Gasteiger partial charge in [-0.1, -0.05) is 43.2 Å². The summed E-state index contributed by atoms with van der Waals surface area (Å²) in [7, 11) is 1.84. The van der Waals surface area contributed by atoms with Crippen LogP contribution in [0.3, 0.4) is 0 Å². The number of nitrogens with one attached hydrogen (secondary N) is 1. The van der Waals surface area contributed by atoms with Crippen molar-refractivity contribution < 1.29 is 9.59 Å². The Bertz CT molecular complexity index is 999. The third kappa shape index (κ3) is 4.90. The topological polar surface area (TPSA) is 70.5 Å². The predicted molar refractivity (Wildman–Crippen MR) is 131 cm³/mol. The third-order valence-corrected chi connectivity index (χ3v) is 8.05. The van der Waals surface area contributed by atoms with Crippen molar-refractivity contribution in [1.29, 1.82) is 0 Å². The standard InChI is InChI=1S/C27H37N5O2/c1-19-14-25(30(2)29-19)27(34)32-17-22-15-31(16-23(22)18-32)13-12-24(20-8-4-3-5-9-20)28-26(33)21-10-6-7-11-21/h3-5,8-9,14,21-24H,6-7,10-13,15-18H2,1-2H3,(H,28,33)/t22?,23?,24-/m0/s1. The van der Waals surface area contributed by atoms with Crippen molar-refractivity contribution in [3.8, 4) is 0 Å². The number of hydrogen-bond acceptors (Lipinski definition) is 4. The quantitative estimate of drug-likeness (QED) is 0.685. The Morgan fingerprint density at radius 3 is 2.35 bits per heavy atom. The summed E-state index contributed by atoms with van der Waals surface area (Å²) < 4.78 is 1.70. The maximum Gasteiger partial charge on any atom is 0.272 e. The minimum atomic E-state index is 0.0564. The van der Waals surface area contributed by atoms with Gasteiger partial charge in [0, 0.05) is 45.7 Å². The third-order valence-electron chi connectivity index (χ3n) is 8.05. The maximum absolute atomic E-state index is 13.0. The van der Waals surface area contributed by atoms with Gasteiger partial charge in [-0.3, -0.25) is 14.3 Å². The lowest BCUT2D eigenvalue weighted by Crippen LogP contribution is -2.37. The lowest BCUT2D eigenvalue weighted by molar-refractivity contribution is -0.125. The number of aryl methyl sites for hydroxylation is 2. The van der Waals surface area contributed by atoms with Crippen LogP contribution in [0, 0.1) is 24.7 Å². The highest BCUT2D eigenvalue weighted by Gasteiger charge is 2.42. The molecule has 2 amide bonds. The lowest BCUT2D eigenvalue weighted by Gasteiger charge is -2.25. The second-order valence-corrected chi connectivity index (χ2v) is 10.5. The van der Waals surface area contributed by atoms with Crippen LogP contribution in [0.4, 0.5) is 0 Å². The number of likely N-dealkylation sites (tertiary alicyclic amines) is 2. The van der Waals surface area contributed by atoms with Crippen LogP contribution in [0.25, 0.3) is 0 Å². The highest BCUT2D eigenvalue weighted by molar-refractivity contribution is 5.93. The summed E-state index contributed by atoms with van der Waals surface area (Å²) in [5.74, 6) is 1.57. The molecule has 1 saturated carbocycles. The molecule has 3 aliphatic rings. The molecule has 7 heteroatoms. The van der Waals surface area contributed by atoms with E-state index < -0.39 is 0 Å². The largest absolute Gasteiger partial charge is 0.349 e. The van der Waals surface area contributed by atoms with E-state index >= 15 is 0 Å². The van der Waals surface area contributed by atoms with Gasteiger partial charge >= 0.3 is 0 Å². The van der Waals surface area contributed by atoms with Crippen LogP contribution in [-0.4, -0.2) is 64.1 Å². The van der Waals surface area contributed by atoms with Crippen LogP contribution in [0.1, 0.15) is 59.9 Å². The molecule has 5 rings (SSSR count). The Labute approximate surface area is 202 Å². The number of aromatic nitrogens is 2. The van der Waals surface area contributed by atoms with Gasteiger partial charge in [-0.25, -0.2) is 0 Å². The van der Waals surface area contributed by atoms with Crippen molar-refractivity contribution in [3.63, 3.8) is 0 Å². The number of carbonyl (C=O) groups is 2. The second-order valence-electron chi connectivity index (χ2n) is 10.5. The fourth-order valence-electron chi connectivity index (χ4n) is 6.21. The van der Waals surface area contributed by atoms with Gasteiger partial charge in [-0.15, -0.1) is 0 Å². The van der Waals surface area contributed by atoms with Gasteiger partial charge in [0.2, 0.25) is 5.91 Å². The van der Waals surface area contributed by atoms with Crippen LogP contribution in [0.15, 0.2) is 36.4 Å². The number of amides is 2. The number of fused-ring (bicyclic) bond motifs is 1. The van der Waals surface area contributed by atoms with Crippen LogP contribution < -0.4 is 5.32 Å². The summed E-state index contributed by atoms with van der Waals surface area (Å²) in [6.45, 7) is 6.59. The van der Waals surface area contributed by atoms with Crippen molar-refractivity contribution in [2.45, 2.75) is 45.1 Å². The zero-order valence-corrected chi connectivity index (χ0v) is 20.4. The van der Waals surface area contributed by atoms with Gasteiger partial charge in [-0.2, -0.15) is 5.10 Å². The summed E-state index contributed by atoms with van der Waals surface area (Å²) in [5, 5.41) is 7.70. The molecule has 0 bridgehead atoms. The highest BCUT2D eigenvalue weighted by Crippen LogP contribution is 2.33. The second kappa shape index (κ2) is 9.90. The number of nitrogens with zero attached hydrogens (tertiary/aromatic N) is 4. The van der Waals surface area contributed by atoms with Crippen molar-refractivity contribution in [2.24, 2.45) is 24.8 Å². The maximum atomic E-state index is 13.0. The molecular weight excluding hydrogens is 426 g/mol. The summed E-state index contributed by atoms with van der Waals surface area (Å²) in [6, 6.07) is 12.3. The van der Waals surface area contributed by atoms with E-state index in [0.29, 0.717) is 17.5 Å². The van der Waals surface area contributed by atoms with Gasteiger partial charge in [0.15, 0.2) is 0 Å². The zero-order chi connectivity index (χ0) is 23.7. The SMILES string of the molecule is Cc1cc(C(=O)N2CC3CN(CC[C@H](NC(=O)C4CCCC4)c4ccccc4)CC3C2)n(C)n1. The Hall–Kier alpha value is -2.67. The number of benzene rings is 1. The summed E-state index contributed by atoms with van der Waals surface area (Å²) in [5.41, 5.74) is 2.75. The molecule has 2 aromatic rings. The molecule has 3 heterocycles. The average molecular weight is 464 g/mol. The molecule has 1 aromatic heterocycles. The van der Waals surface area contributed by atoms with Gasteiger partial charge < -0.3 is 15.1 Å². The fourth-order valence-corrected chi connectivity index (χ4v) is 6.21. The number of carbonyl (C=O) groups excluding carboxylic acids is 2. The van der Waals surface area contributed by atoms with E-state index in [-0.39, 0.29) is 23.8 Å². The minimum Gasteiger partial charge on any atom is -0.349 e. The van der Waals surface area contributed by atoms with Gasteiger partial charge in [0.25, 0.3) is 5.91 Å². The first-order valence-corrected chi connectivity index (χ1v) is 12.9. The molecule has 7 nitrogen and oxygen atoms in total. The molecule has 182 valence electrons. The van der Waals surface area contributed by atoms with Gasteiger partial charge in [0.05, 0.1) is 11.7 Å². The van der Waals surface area contributed by atoms with Crippen molar-refractivity contribution in [1.82, 2.24) is 24.9 Å². The summed E-state index contributed by atoms with van der Waals surface area (Å²) >= 11 is 0. The van der Waals surface area contributed by atoms with E-state index in [1.165, 1.54) is 18.4 Å². The van der Waals surface area contributed by atoms with Crippen LogP contribution >= 0.6 is 0 Å². The Kier molecular flexibility index (Phi) is 6.73. The van der Waals surface area contributed by atoms with E-state index in [2.05, 4.69) is 39.6 Å². The average Bonchev–Trinajstić information content (AvgIpc) is 3.61. The fraction of sp³-hybridized carbons (Fsp3) is 0.593. The monoisotopic (exact) mass is 463 g/mol. The molecule has 34 heavy (non-hydrogen) atoms. The lowest BCUT2D eigenvalue weighted by atomic mass is 10.0. The van der Waals surface area contributed by atoms with E-state index in [1.54, 1.807) is 4.68 Å². The van der Waals surface area contributed by atoms with Crippen molar-refractivity contribution >= 4 is 11.8 Å². The van der Waals surface area contributed by atoms with Crippen LogP contribution in [-0.2, 0) is 11.8 Å². The first kappa shape index (κ1) is 23.1. The minimum absolute atomic E-state index is 0.0564. The van der Waals surface area contributed by atoms with Crippen LogP contribution in [0.5, 0.6) is 0 Å². The molecule has 1 N–H and O–H groups in total. The molecular formula is C27H37N5O2. The van der Waals surface area contributed by atoms with Crippen LogP contribution in [0.2, 0.25) is 0 Å². The van der Waals surface area contributed by atoms with E-state index in [1.807, 2.05) is 31.0 Å². The first-order valence-electron chi connectivity index (χ1n) is 12.9. The van der Waals surface area contributed by atoms with Gasteiger partial charge in [0.1, 0.15) is 5.69 Å². The molecule has 1 aromatic carbocycles. The van der Waals surface area contributed by atoms with Gasteiger partial charge in [-0.05, 0) is 49.7 Å². The smallest absolute Gasteiger partial charge is 0.272 e. The van der Waals surface area contributed by atoms with Crippen molar-refractivity contribution in [2.75, 3.05) is 32.7 Å². The molecule has 2 aliphatic heterocycles. The Morgan fingerprint density at radius 1 is 1.06 bits per heavy atom. The van der Waals surface area contributed by atoms with Crippen molar-refractivity contribution in [3.05, 3.63) is 53.3 Å². The molecule has 2 saturated heterocycles. The molecule has 3 atom stereocenters. The summed E-state index contributed by atoms with van der Waals surface area (Å²) in [4.78, 5) is 30.4. The molecule has 0 radical (unpaired) electrons. The molecule has 1 aliphatic carbocycles. The number of rotatable bonds is 7. The Balaban J connectivity index is 1.16. The molecule has 2 unspecified atom stereocenters. The van der Waals surface area contributed by atoms with E-state index in [4.69, 9.17) is 0 Å². The first-order chi connectivity index (χ1) is 16.5. The molecule has 0 spiro atoms. The predicted octanol–water partition coefficient (Wildman–Crippen LogP) is 3.17. The number of hydrogen-bond donors (Lipinski definition) is 1. The Morgan fingerprint density at radius 2 is 1.74 bits per heavy atom. The summed E-state index contributed by atoms with van der Waals surface area (Å²) in [6.07, 6.45) is 5.31. The zero-order valence-electron chi connectivity index (χ0n) is 20.4. The normalized spacial score (nSPS) is 23.9. The van der Waals surface area contributed by atoms with E-state index in [0.717, 1.165) is 57.7 Å².